The summed E-state index contributed by atoms with van der Waals surface area (Å²) < 4.78 is 38.0. The third-order valence-corrected chi connectivity index (χ3v) is 7.33. The van der Waals surface area contributed by atoms with E-state index in [9.17, 15) is 13.2 Å². The second-order valence-corrected chi connectivity index (χ2v) is 9.66. The summed E-state index contributed by atoms with van der Waals surface area (Å²) in [5.41, 5.74) is 2.95. The molecule has 0 atom stereocenters. The average molecular weight is 447 g/mol. The van der Waals surface area contributed by atoms with Gasteiger partial charge in [-0.1, -0.05) is 29.8 Å². The molecule has 0 saturated carbocycles. The highest BCUT2D eigenvalue weighted by molar-refractivity contribution is 7.89. The molecule has 1 aliphatic rings. The highest BCUT2D eigenvalue weighted by Gasteiger charge is 2.27. The largest absolute Gasteiger partial charge is 0.496 e. The van der Waals surface area contributed by atoms with Gasteiger partial charge in [0.1, 0.15) is 5.75 Å². The Balaban J connectivity index is 1.69. The van der Waals surface area contributed by atoms with Gasteiger partial charge in [-0.3, -0.25) is 4.79 Å². The molecule has 0 unspecified atom stereocenters. The minimum absolute atomic E-state index is 0.0101. The lowest BCUT2D eigenvalue weighted by Crippen LogP contribution is -2.40. The van der Waals surface area contributed by atoms with Crippen LogP contribution < -0.4 is 4.74 Å². The Morgan fingerprint density at radius 3 is 2.45 bits per heavy atom. The molecule has 8 heteroatoms. The highest BCUT2D eigenvalue weighted by atomic mass is 32.2. The van der Waals surface area contributed by atoms with Gasteiger partial charge in [0.05, 0.1) is 25.2 Å². The summed E-state index contributed by atoms with van der Waals surface area (Å²) in [5, 5.41) is 0. The first-order valence-corrected chi connectivity index (χ1v) is 11.8. The maximum absolute atomic E-state index is 13.0. The number of carbonyl (C=O) groups excluding carboxylic acids is 1. The van der Waals surface area contributed by atoms with Crippen LogP contribution in [0, 0.1) is 6.92 Å². The third-order valence-electron chi connectivity index (χ3n) is 5.43. The number of rotatable bonds is 8. The van der Waals surface area contributed by atoms with E-state index in [2.05, 4.69) is 0 Å². The van der Waals surface area contributed by atoms with Crippen LogP contribution in [0.1, 0.15) is 23.1 Å². The standard InChI is InChI=1S/C23H30N2O5S/c1-18-4-6-19(7-5-18)17-24(2)23(26)11-8-20-16-21(9-10-22(20)29-3)31(27,28)25-12-14-30-15-13-25/h4-7,9-10,16H,8,11-15,17H2,1-3H3. The van der Waals surface area contributed by atoms with Gasteiger partial charge >= 0.3 is 0 Å². The van der Waals surface area contributed by atoms with E-state index in [-0.39, 0.29) is 17.2 Å². The van der Waals surface area contributed by atoms with Crippen molar-refractivity contribution < 1.29 is 22.7 Å². The van der Waals surface area contributed by atoms with Crippen LogP contribution in [0.3, 0.4) is 0 Å². The van der Waals surface area contributed by atoms with Gasteiger partial charge in [-0.2, -0.15) is 4.31 Å². The molecule has 1 heterocycles. The van der Waals surface area contributed by atoms with Crippen molar-refractivity contribution in [2.24, 2.45) is 0 Å². The Hall–Kier alpha value is -2.42. The van der Waals surface area contributed by atoms with Gasteiger partial charge in [-0.25, -0.2) is 8.42 Å². The molecule has 7 nitrogen and oxygen atoms in total. The molecule has 2 aromatic rings. The smallest absolute Gasteiger partial charge is 0.243 e. The van der Waals surface area contributed by atoms with Crippen LogP contribution in [0.25, 0.3) is 0 Å². The lowest BCUT2D eigenvalue weighted by atomic mass is 10.1. The van der Waals surface area contributed by atoms with E-state index in [0.29, 0.717) is 50.6 Å². The summed E-state index contributed by atoms with van der Waals surface area (Å²) in [6.07, 6.45) is 0.659. The van der Waals surface area contributed by atoms with Crippen molar-refractivity contribution in [3.05, 3.63) is 59.2 Å². The first-order chi connectivity index (χ1) is 14.8. The minimum atomic E-state index is -3.61. The predicted molar refractivity (Wildman–Crippen MR) is 119 cm³/mol. The minimum Gasteiger partial charge on any atom is -0.496 e. The molecule has 0 radical (unpaired) electrons. The fraction of sp³-hybridized carbons (Fsp3) is 0.435. The molecule has 31 heavy (non-hydrogen) atoms. The Labute approximate surface area is 184 Å². The second kappa shape index (κ2) is 10.3. The molecule has 1 saturated heterocycles. The molecule has 1 amide bonds. The second-order valence-electron chi connectivity index (χ2n) is 7.73. The summed E-state index contributed by atoms with van der Waals surface area (Å²) in [6, 6.07) is 12.9. The first-order valence-electron chi connectivity index (χ1n) is 10.4. The molecule has 1 aliphatic heterocycles. The Bertz CT molecular complexity index is 999. The van der Waals surface area contributed by atoms with Crippen LogP contribution in [0.15, 0.2) is 47.4 Å². The maximum atomic E-state index is 13.0. The molecule has 0 spiro atoms. The summed E-state index contributed by atoms with van der Waals surface area (Å²) >= 11 is 0. The van der Waals surface area contributed by atoms with Crippen molar-refractivity contribution in [1.29, 1.82) is 0 Å². The van der Waals surface area contributed by atoms with E-state index < -0.39 is 10.0 Å². The van der Waals surface area contributed by atoms with Crippen molar-refractivity contribution in [2.45, 2.75) is 31.2 Å². The maximum Gasteiger partial charge on any atom is 0.243 e. The zero-order valence-electron chi connectivity index (χ0n) is 18.3. The predicted octanol–water partition coefficient (Wildman–Crippen LogP) is 2.62. The number of morpholine rings is 1. The normalized spacial score (nSPS) is 14.9. The SMILES string of the molecule is COc1ccc(S(=O)(=O)N2CCOCC2)cc1CCC(=O)N(C)Cc1ccc(C)cc1. The fourth-order valence-corrected chi connectivity index (χ4v) is 4.99. The van der Waals surface area contributed by atoms with Crippen molar-refractivity contribution in [3.8, 4) is 5.75 Å². The van der Waals surface area contributed by atoms with Crippen LogP contribution in [0.5, 0.6) is 5.75 Å². The number of methoxy groups -OCH3 is 1. The topological polar surface area (TPSA) is 76.1 Å². The monoisotopic (exact) mass is 446 g/mol. The van der Waals surface area contributed by atoms with Gasteiger partial charge in [-0.15, -0.1) is 0 Å². The van der Waals surface area contributed by atoms with Crippen molar-refractivity contribution >= 4 is 15.9 Å². The van der Waals surface area contributed by atoms with Gasteiger partial charge in [0.2, 0.25) is 15.9 Å². The number of hydrogen-bond acceptors (Lipinski definition) is 5. The van der Waals surface area contributed by atoms with Gasteiger partial charge in [0, 0.05) is 33.1 Å². The molecule has 0 aromatic heterocycles. The number of carbonyl (C=O) groups is 1. The van der Waals surface area contributed by atoms with E-state index in [1.165, 1.54) is 9.87 Å². The molecular weight excluding hydrogens is 416 g/mol. The highest BCUT2D eigenvalue weighted by Crippen LogP contribution is 2.26. The summed E-state index contributed by atoms with van der Waals surface area (Å²) in [7, 11) is -0.288. The fourth-order valence-electron chi connectivity index (χ4n) is 3.53. The molecule has 0 aliphatic carbocycles. The van der Waals surface area contributed by atoms with Crippen LogP contribution >= 0.6 is 0 Å². The Morgan fingerprint density at radius 2 is 1.81 bits per heavy atom. The quantitative estimate of drug-likeness (QED) is 0.623. The number of ether oxygens (including phenoxy) is 2. The molecule has 168 valence electrons. The molecule has 3 rings (SSSR count). The summed E-state index contributed by atoms with van der Waals surface area (Å²) in [4.78, 5) is 14.6. The third kappa shape index (κ3) is 5.84. The zero-order chi connectivity index (χ0) is 22.4. The van der Waals surface area contributed by atoms with Crippen LogP contribution in [0.4, 0.5) is 0 Å². The molecule has 0 N–H and O–H groups in total. The lowest BCUT2D eigenvalue weighted by molar-refractivity contribution is -0.130. The molecule has 0 bridgehead atoms. The van der Waals surface area contributed by atoms with E-state index in [0.717, 1.165) is 5.56 Å². The number of nitrogens with zero attached hydrogens (tertiary/aromatic N) is 2. The van der Waals surface area contributed by atoms with E-state index in [4.69, 9.17) is 9.47 Å². The van der Waals surface area contributed by atoms with Gasteiger partial charge in [0.25, 0.3) is 0 Å². The van der Waals surface area contributed by atoms with E-state index in [1.54, 1.807) is 37.3 Å². The van der Waals surface area contributed by atoms with Crippen molar-refractivity contribution in [1.82, 2.24) is 9.21 Å². The van der Waals surface area contributed by atoms with E-state index >= 15 is 0 Å². The lowest BCUT2D eigenvalue weighted by Gasteiger charge is -2.26. The molecular formula is C23H30N2O5S. The molecule has 2 aromatic carbocycles. The number of sulfonamides is 1. The van der Waals surface area contributed by atoms with Crippen LogP contribution in [0.2, 0.25) is 0 Å². The van der Waals surface area contributed by atoms with Crippen LogP contribution in [-0.2, 0) is 32.5 Å². The first kappa shape index (κ1) is 23.2. The number of amides is 1. The van der Waals surface area contributed by atoms with Crippen molar-refractivity contribution in [2.75, 3.05) is 40.5 Å². The van der Waals surface area contributed by atoms with Gasteiger partial charge in [-0.05, 0) is 42.7 Å². The number of benzene rings is 2. The summed E-state index contributed by atoms with van der Waals surface area (Å²) in [5.74, 6) is 0.569. The number of aryl methyl sites for hydroxylation is 2. The van der Waals surface area contributed by atoms with E-state index in [1.807, 2.05) is 31.2 Å². The van der Waals surface area contributed by atoms with Gasteiger partial charge < -0.3 is 14.4 Å². The number of hydrogen-bond donors (Lipinski definition) is 0. The molecule has 1 fully saturated rings. The van der Waals surface area contributed by atoms with Crippen LogP contribution in [-0.4, -0.2) is 64.0 Å². The summed E-state index contributed by atoms with van der Waals surface area (Å²) in [6.45, 7) is 4.02. The van der Waals surface area contributed by atoms with Gasteiger partial charge in [0.15, 0.2) is 0 Å². The Morgan fingerprint density at radius 1 is 1.13 bits per heavy atom. The zero-order valence-corrected chi connectivity index (χ0v) is 19.2. The van der Waals surface area contributed by atoms with Crippen molar-refractivity contribution in [3.63, 3.8) is 0 Å². The average Bonchev–Trinajstić information content (AvgIpc) is 2.79. The Kier molecular flexibility index (Phi) is 7.69.